The molecule has 1 atom stereocenters. The minimum atomic E-state index is -4.97. The number of rotatable bonds is 2. The van der Waals surface area contributed by atoms with Gasteiger partial charge in [0, 0.05) is 30.9 Å². The third-order valence-electron chi connectivity index (χ3n) is 3.71. The van der Waals surface area contributed by atoms with E-state index in [2.05, 4.69) is 10.2 Å². The fraction of sp³-hybridized carbons (Fsp3) is 0.667. The number of aliphatic hydroxyl groups is 1. The minimum Gasteiger partial charge on any atom is -0.373 e. The summed E-state index contributed by atoms with van der Waals surface area (Å²) < 4.78 is 37.9. The molecule has 0 spiro atoms. The Labute approximate surface area is 113 Å². The molecule has 112 valence electrons. The Balaban J connectivity index is 1.99. The number of alkyl halides is 3. The number of H-pyrrole nitrogens is 1. The number of hydrogen-bond donors (Lipinski definition) is 2. The molecule has 1 aromatic heterocycles. The summed E-state index contributed by atoms with van der Waals surface area (Å²) in [6.45, 7) is 0.875. The molecule has 1 aliphatic rings. The predicted octanol–water partition coefficient (Wildman–Crippen LogP) is 1.43. The maximum Gasteiger partial charge on any atom is 0.426 e. The van der Waals surface area contributed by atoms with Crippen molar-refractivity contribution in [1.82, 2.24) is 15.1 Å². The molecule has 1 aliphatic heterocycles. The quantitative estimate of drug-likeness (QED) is 0.866. The SMILES string of the molecule is CC(O)(C(=O)N1CCC(c2ccn[nH]2)CC1)C(F)(F)F. The van der Waals surface area contributed by atoms with Gasteiger partial charge < -0.3 is 10.0 Å². The van der Waals surface area contributed by atoms with E-state index in [9.17, 15) is 23.1 Å². The molecular weight excluding hydrogens is 275 g/mol. The van der Waals surface area contributed by atoms with E-state index < -0.39 is 17.7 Å². The molecule has 0 aliphatic carbocycles. The number of amides is 1. The van der Waals surface area contributed by atoms with Gasteiger partial charge in [0.05, 0.1) is 0 Å². The number of halogens is 3. The van der Waals surface area contributed by atoms with Gasteiger partial charge in [0.15, 0.2) is 0 Å². The lowest BCUT2D eigenvalue weighted by atomic mass is 9.92. The molecule has 1 amide bonds. The lowest BCUT2D eigenvalue weighted by Gasteiger charge is -2.36. The van der Waals surface area contributed by atoms with Gasteiger partial charge >= 0.3 is 6.18 Å². The van der Waals surface area contributed by atoms with Gasteiger partial charge in [-0.15, -0.1) is 0 Å². The summed E-state index contributed by atoms with van der Waals surface area (Å²) in [5.74, 6) is -1.13. The van der Waals surface area contributed by atoms with Crippen LogP contribution >= 0.6 is 0 Å². The summed E-state index contributed by atoms with van der Waals surface area (Å²) in [5, 5.41) is 16.0. The fourth-order valence-electron chi connectivity index (χ4n) is 2.32. The van der Waals surface area contributed by atoms with Gasteiger partial charge in [0.25, 0.3) is 5.91 Å². The van der Waals surface area contributed by atoms with Crippen LogP contribution in [0, 0.1) is 0 Å². The molecule has 2 rings (SSSR count). The van der Waals surface area contributed by atoms with Crippen LogP contribution in [-0.2, 0) is 4.79 Å². The van der Waals surface area contributed by atoms with Crippen LogP contribution in [0.5, 0.6) is 0 Å². The van der Waals surface area contributed by atoms with Gasteiger partial charge in [-0.1, -0.05) is 0 Å². The number of nitrogens with one attached hydrogen (secondary N) is 1. The maximum atomic E-state index is 12.6. The van der Waals surface area contributed by atoms with Gasteiger partial charge in [-0.05, 0) is 25.8 Å². The Morgan fingerprint density at radius 2 is 2.05 bits per heavy atom. The number of aromatic amines is 1. The van der Waals surface area contributed by atoms with Crippen molar-refractivity contribution in [2.75, 3.05) is 13.1 Å². The Kier molecular flexibility index (Phi) is 3.77. The van der Waals surface area contributed by atoms with Crippen LogP contribution in [0.15, 0.2) is 12.3 Å². The predicted molar refractivity (Wildman–Crippen MR) is 63.8 cm³/mol. The molecule has 5 nitrogen and oxygen atoms in total. The minimum absolute atomic E-state index is 0.150. The Bertz CT molecular complexity index is 463. The molecular formula is C12H16F3N3O2. The van der Waals surface area contributed by atoms with Gasteiger partial charge in [-0.2, -0.15) is 18.3 Å². The standard InChI is InChI=1S/C12H16F3N3O2/c1-11(20,12(13,14)15)10(19)18-6-3-8(4-7-18)9-2-5-16-17-9/h2,5,8,20H,3-4,6-7H2,1H3,(H,16,17). The third-order valence-corrected chi connectivity index (χ3v) is 3.71. The van der Waals surface area contributed by atoms with E-state index in [0.717, 1.165) is 10.6 Å². The molecule has 1 aromatic rings. The molecule has 8 heteroatoms. The average Bonchev–Trinajstić information content (AvgIpc) is 2.90. The van der Waals surface area contributed by atoms with E-state index in [4.69, 9.17) is 0 Å². The van der Waals surface area contributed by atoms with Gasteiger partial charge in [-0.3, -0.25) is 9.89 Å². The summed E-state index contributed by atoms with van der Waals surface area (Å²) >= 11 is 0. The lowest BCUT2D eigenvalue weighted by molar-refractivity contribution is -0.250. The molecule has 1 fully saturated rings. The number of carbonyl (C=O) groups is 1. The van der Waals surface area contributed by atoms with Gasteiger partial charge in [-0.25, -0.2) is 0 Å². The highest BCUT2D eigenvalue weighted by Gasteiger charge is 2.57. The van der Waals surface area contributed by atoms with Crippen LogP contribution in [0.1, 0.15) is 31.4 Å². The van der Waals surface area contributed by atoms with E-state index in [0.29, 0.717) is 19.8 Å². The second kappa shape index (κ2) is 5.08. The highest BCUT2D eigenvalue weighted by atomic mass is 19.4. The van der Waals surface area contributed by atoms with Crippen LogP contribution in [0.3, 0.4) is 0 Å². The molecule has 20 heavy (non-hydrogen) atoms. The van der Waals surface area contributed by atoms with E-state index in [1.807, 2.05) is 6.07 Å². The summed E-state index contributed by atoms with van der Waals surface area (Å²) in [7, 11) is 0. The smallest absolute Gasteiger partial charge is 0.373 e. The van der Waals surface area contributed by atoms with E-state index in [1.54, 1.807) is 6.20 Å². The number of likely N-dealkylation sites (tertiary alicyclic amines) is 1. The first-order valence-electron chi connectivity index (χ1n) is 6.31. The molecule has 2 N–H and O–H groups in total. The van der Waals surface area contributed by atoms with Crippen molar-refractivity contribution >= 4 is 5.91 Å². The van der Waals surface area contributed by atoms with Crippen molar-refractivity contribution in [3.05, 3.63) is 18.0 Å². The first-order valence-corrected chi connectivity index (χ1v) is 6.31. The molecule has 0 radical (unpaired) electrons. The van der Waals surface area contributed by atoms with Crippen LogP contribution in [-0.4, -0.2) is 51.0 Å². The van der Waals surface area contributed by atoms with E-state index >= 15 is 0 Å². The number of carbonyl (C=O) groups excluding carboxylic acids is 1. The topological polar surface area (TPSA) is 69.2 Å². The van der Waals surface area contributed by atoms with Crippen molar-refractivity contribution < 1.29 is 23.1 Å². The zero-order valence-corrected chi connectivity index (χ0v) is 10.9. The Hall–Kier alpha value is -1.57. The number of piperidine rings is 1. The van der Waals surface area contributed by atoms with E-state index in [1.165, 1.54) is 0 Å². The third kappa shape index (κ3) is 2.65. The fourth-order valence-corrected chi connectivity index (χ4v) is 2.32. The van der Waals surface area contributed by atoms with Gasteiger partial charge in [0.2, 0.25) is 5.60 Å². The van der Waals surface area contributed by atoms with Crippen LogP contribution in [0.2, 0.25) is 0 Å². The summed E-state index contributed by atoms with van der Waals surface area (Å²) in [4.78, 5) is 12.9. The van der Waals surface area contributed by atoms with Crippen molar-refractivity contribution in [3.63, 3.8) is 0 Å². The van der Waals surface area contributed by atoms with Crippen molar-refractivity contribution in [1.29, 1.82) is 0 Å². The monoisotopic (exact) mass is 291 g/mol. The molecule has 0 saturated carbocycles. The maximum absolute atomic E-state index is 12.6. The normalized spacial score (nSPS) is 20.8. The van der Waals surface area contributed by atoms with Crippen molar-refractivity contribution in [2.45, 2.75) is 37.5 Å². The molecule has 0 bridgehead atoms. The number of nitrogens with zero attached hydrogens (tertiary/aromatic N) is 2. The Morgan fingerprint density at radius 3 is 2.50 bits per heavy atom. The summed E-state index contributed by atoms with van der Waals surface area (Å²) in [6.07, 6.45) is -2.27. The van der Waals surface area contributed by atoms with Crippen molar-refractivity contribution in [2.24, 2.45) is 0 Å². The number of hydrogen-bond acceptors (Lipinski definition) is 3. The van der Waals surface area contributed by atoms with Crippen LogP contribution in [0.4, 0.5) is 13.2 Å². The molecule has 1 unspecified atom stereocenters. The second-order valence-electron chi connectivity index (χ2n) is 5.15. The first-order chi connectivity index (χ1) is 9.23. The average molecular weight is 291 g/mol. The van der Waals surface area contributed by atoms with Gasteiger partial charge in [0.1, 0.15) is 0 Å². The molecule has 2 heterocycles. The summed E-state index contributed by atoms with van der Waals surface area (Å²) in [5.41, 5.74) is -2.41. The lowest BCUT2D eigenvalue weighted by Crippen LogP contribution is -2.57. The Morgan fingerprint density at radius 1 is 1.45 bits per heavy atom. The van der Waals surface area contributed by atoms with Crippen LogP contribution < -0.4 is 0 Å². The van der Waals surface area contributed by atoms with Crippen LogP contribution in [0.25, 0.3) is 0 Å². The van der Waals surface area contributed by atoms with E-state index in [-0.39, 0.29) is 19.0 Å². The first kappa shape index (κ1) is 14.8. The largest absolute Gasteiger partial charge is 0.426 e. The zero-order valence-electron chi connectivity index (χ0n) is 10.9. The second-order valence-corrected chi connectivity index (χ2v) is 5.15. The highest BCUT2D eigenvalue weighted by molar-refractivity contribution is 5.85. The molecule has 1 saturated heterocycles. The zero-order chi connectivity index (χ0) is 15.0. The van der Waals surface area contributed by atoms with Crippen molar-refractivity contribution in [3.8, 4) is 0 Å². The summed E-state index contributed by atoms with van der Waals surface area (Å²) in [6, 6.07) is 1.81. The number of aromatic nitrogens is 2. The highest BCUT2D eigenvalue weighted by Crippen LogP contribution is 2.34. The molecule has 0 aromatic carbocycles.